The minimum atomic E-state index is -3.39. The van der Waals surface area contributed by atoms with E-state index < -0.39 is 10.1 Å². The Hall–Kier alpha value is -1.90. The van der Waals surface area contributed by atoms with Crippen LogP contribution in [0, 0.1) is 11.3 Å². The molecule has 98 valence electrons. The summed E-state index contributed by atoms with van der Waals surface area (Å²) in [7, 11) is -3.39. The predicted molar refractivity (Wildman–Crippen MR) is 73.2 cm³/mol. The highest BCUT2D eigenvalue weighted by Crippen LogP contribution is 2.18. The van der Waals surface area contributed by atoms with Gasteiger partial charge in [-0.3, -0.25) is 4.18 Å². The molecular formula is C14H13NO3S. The average Bonchev–Trinajstić information content (AvgIpc) is 2.36. The summed E-state index contributed by atoms with van der Waals surface area (Å²) in [4.78, 5) is 0. The molecule has 0 spiro atoms. The third-order valence-corrected chi connectivity index (χ3v) is 3.32. The third kappa shape index (κ3) is 3.78. The zero-order chi connectivity index (χ0) is 13.9. The lowest BCUT2D eigenvalue weighted by molar-refractivity contribution is 0.326. The maximum Gasteiger partial charge on any atom is 0.264 e. The second-order valence-electron chi connectivity index (χ2n) is 4.28. The fourth-order valence-corrected chi connectivity index (χ4v) is 2.22. The molecule has 2 aromatic carbocycles. The van der Waals surface area contributed by atoms with Gasteiger partial charge in [0.1, 0.15) is 0 Å². The van der Waals surface area contributed by atoms with Crippen LogP contribution in [0.1, 0.15) is 11.1 Å². The number of nitriles is 1. The number of nitrogens with zero attached hydrogens (tertiary/aromatic N) is 1. The Balaban J connectivity index is 2.19. The highest BCUT2D eigenvalue weighted by Gasteiger charge is 2.03. The third-order valence-electron chi connectivity index (χ3n) is 2.72. The maximum atomic E-state index is 10.9. The van der Waals surface area contributed by atoms with E-state index in [1.165, 1.54) is 0 Å². The summed E-state index contributed by atoms with van der Waals surface area (Å²) in [6.45, 7) is 0.127. The van der Waals surface area contributed by atoms with Crippen LogP contribution in [0.15, 0.2) is 36.4 Å². The van der Waals surface area contributed by atoms with Crippen molar-refractivity contribution in [3.05, 3.63) is 47.5 Å². The summed E-state index contributed by atoms with van der Waals surface area (Å²) in [5.74, 6) is 0. The average molecular weight is 275 g/mol. The number of rotatable bonds is 4. The first-order valence-electron chi connectivity index (χ1n) is 5.75. The quantitative estimate of drug-likeness (QED) is 0.802. The second-order valence-corrected chi connectivity index (χ2v) is 5.93. The molecule has 0 fully saturated rings. The maximum absolute atomic E-state index is 10.9. The zero-order valence-corrected chi connectivity index (χ0v) is 11.3. The van der Waals surface area contributed by atoms with Crippen molar-refractivity contribution in [2.24, 2.45) is 0 Å². The zero-order valence-electron chi connectivity index (χ0n) is 10.5. The summed E-state index contributed by atoms with van der Waals surface area (Å²) in [6, 6.07) is 13.4. The van der Waals surface area contributed by atoms with Crippen molar-refractivity contribution < 1.29 is 12.6 Å². The predicted octanol–water partition coefficient (Wildman–Crippen LogP) is 2.23. The Morgan fingerprint density at radius 2 is 1.89 bits per heavy atom. The monoisotopic (exact) mass is 275 g/mol. The Morgan fingerprint density at radius 1 is 1.16 bits per heavy atom. The highest BCUT2D eigenvalue weighted by atomic mass is 32.2. The molecule has 0 amide bonds. The molecule has 0 heterocycles. The first kappa shape index (κ1) is 13.5. The van der Waals surface area contributed by atoms with E-state index in [-0.39, 0.29) is 6.61 Å². The van der Waals surface area contributed by atoms with Crippen molar-refractivity contribution in [2.45, 2.75) is 6.42 Å². The standard InChI is InChI=1S/C14H13NO3S/c1-19(16,17)18-7-6-11-2-4-13-5-3-12(10-15)9-14(13)8-11/h2-5,8-9H,6-7H2,1H3. The van der Waals surface area contributed by atoms with Crippen LogP contribution in [-0.4, -0.2) is 21.3 Å². The fourth-order valence-electron chi connectivity index (χ4n) is 1.83. The Bertz CT molecular complexity index is 745. The van der Waals surface area contributed by atoms with Crippen LogP contribution < -0.4 is 0 Å². The van der Waals surface area contributed by atoms with Crippen LogP contribution in [0.3, 0.4) is 0 Å². The Labute approximate surface area is 112 Å². The molecule has 19 heavy (non-hydrogen) atoms. The summed E-state index contributed by atoms with van der Waals surface area (Å²) in [6.07, 6.45) is 1.55. The molecule has 0 aliphatic heterocycles. The molecule has 0 aromatic heterocycles. The first-order chi connectivity index (χ1) is 8.98. The van der Waals surface area contributed by atoms with Crippen LogP contribution >= 0.6 is 0 Å². The molecular weight excluding hydrogens is 262 g/mol. The largest absolute Gasteiger partial charge is 0.270 e. The molecule has 0 saturated carbocycles. The van der Waals surface area contributed by atoms with Crippen LogP contribution in [0.5, 0.6) is 0 Å². The smallest absolute Gasteiger partial charge is 0.264 e. The lowest BCUT2D eigenvalue weighted by atomic mass is 10.0. The van der Waals surface area contributed by atoms with Gasteiger partial charge in [-0.15, -0.1) is 0 Å². The molecule has 2 rings (SSSR count). The van der Waals surface area contributed by atoms with Crippen molar-refractivity contribution in [3.63, 3.8) is 0 Å². The molecule has 0 bridgehead atoms. The molecule has 0 aliphatic carbocycles. The summed E-state index contributed by atoms with van der Waals surface area (Å²) in [5.41, 5.74) is 1.59. The summed E-state index contributed by atoms with van der Waals surface area (Å²) >= 11 is 0. The van der Waals surface area contributed by atoms with Gasteiger partial charge in [0.25, 0.3) is 10.1 Å². The van der Waals surface area contributed by atoms with E-state index in [9.17, 15) is 8.42 Å². The second kappa shape index (κ2) is 5.39. The van der Waals surface area contributed by atoms with E-state index >= 15 is 0 Å². The van der Waals surface area contributed by atoms with Crippen LogP contribution in [-0.2, 0) is 20.7 Å². The van der Waals surface area contributed by atoms with Gasteiger partial charge in [0, 0.05) is 0 Å². The number of hydrogen-bond donors (Lipinski definition) is 0. The first-order valence-corrected chi connectivity index (χ1v) is 7.57. The molecule has 0 unspecified atom stereocenters. The van der Waals surface area contributed by atoms with Crippen LogP contribution in [0.2, 0.25) is 0 Å². The molecule has 4 nitrogen and oxygen atoms in total. The lowest BCUT2D eigenvalue weighted by Gasteiger charge is -2.04. The number of hydrogen-bond acceptors (Lipinski definition) is 4. The number of fused-ring (bicyclic) bond motifs is 1. The molecule has 0 N–H and O–H groups in total. The van der Waals surface area contributed by atoms with E-state index in [1.807, 2.05) is 30.3 Å². The van der Waals surface area contributed by atoms with E-state index in [0.717, 1.165) is 22.6 Å². The van der Waals surface area contributed by atoms with Gasteiger partial charge in [-0.1, -0.05) is 24.3 Å². The van der Waals surface area contributed by atoms with Gasteiger partial charge in [0.05, 0.1) is 24.5 Å². The van der Waals surface area contributed by atoms with Gasteiger partial charge in [0.15, 0.2) is 0 Å². The van der Waals surface area contributed by atoms with Crippen molar-refractivity contribution in [2.75, 3.05) is 12.9 Å². The van der Waals surface area contributed by atoms with Crippen LogP contribution in [0.25, 0.3) is 10.8 Å². The van der Waals surface area contributed by atoms with Crippen molar-refractivity contribution in [1.29, 1.82) is 5.26 Å². The fraction of sp³-hybridized carbons (Fsp3) is 0.214. The van der Waals surface area contributed by atoms with Crippen molar-refractivity contribution >= 4 is 20.9 Å². The molecule has 2 aromatic rings. The normalized spacial score (nSPS) is 11.4. The van der Waals surface area contributed by atoms with Crippen molar-refractivity contribution in [3.8, 4) is 6.07 Å². The lowest BCUT2D eigenvalue weighted by Crippen LogP contribution is -2.06. The summed E-state index contributed by atoms with van der Waals surface area (Å²) < 4.78 is 26.4. The summed E-state index contributed by atoms with van der Waals surface area (Å²) in [5, 5.41) is 10.9. The van der Waals surface area contributed by atoms with E-state index in [1.54, 1.807) is 6.07 Å². The van der Waals surface area contributed by atoms with Gasteiger partial charge >= 0.3 is 0 Å². The van der Waals surface area contributed by atoms with Crippen LogP contribution in [0.4, 0.5) is 0 Å². The van der Waals surface area contributed by atoms with Crippen molar-refractivity contribution in [1.82, 2.24) is 0 Å². The Morgan fingerprint density at radius 3 is 2.58 bits per heavy atom. The van der Waals surface area contributed by atoms with E-state index in [4.69, 9.17) is 9.44 Å². The van der Waals surface area contributed by atoms with E-state index in [2.05, 4.69) is 6.07 Å². The Kier molecular flexibility index (Phi) is 3.84. The van der Waals surface area contributed by atoms with Gasteiger partial charge in [0.2, 0.25) is 0 Å². The molecule has 5 heteroatoms. The topological polar surface area (TPSA) is 67.2 Å². The molecule has 0 aliphatic rings. The van der Waals surface area contributed by atoms with Gasteiger partial charge in [-0.25, -0.2) is 0 Å². The highest BCUT2D eigenvalue weighted by molar-refractivity contribution is 7.85. The van der Waals surface area contributed by atoms with Gasteiger partial charge in [-0.2, -0.15) is 13.7 Å². The van der Waals surface area contributed by atoms with Gasteiger partial charge < -0.3 is 0 Å². The van der Waals surface area contributed by atoms with E-state index in [0.29, 0.717) is 12.0 Å². The number of benzene rings is 2. The molecule has 0 saturated heterocycles. The molecule has 0 atom stereocenters. The SMILES string of the molecule is CS(=O)(=O)OCCc1ccc2ccc(C#N)cc2c1. The molecule has 0 radical (unpaired) electrons. The minimum Gasteiger partial charge on any atom is -0.270 e. The minimum absolute atomic E-state index is 0.127. The van der Waals surface area contributed by atoms with Gasteiger partial charge in [-0.05, 0) is 34.9 Å².